The number of hydrogen-bond acceptors (Lipinski definition) is 6. The smallest absolute Gasteiger partial charge is 0.241 e. The fraction of sp³-hybridized carbons (Fsp3) is 0.538. The molecule has 6 heteroatoms. The van der Waals surface area contributed by atoms with Crippen LogP contribution < -0.4 is 5.73 Å². The maximum absolute atomic E-state index is 5.74. The lowest BCUT2D eigenvalue weighted by atomic mass is 10.1. The van der Waals surface area contributed by atoms with Crippen LogP contribution in [0.4, 0.5) is 0 Å². The summed E-state index contributed by atoms with van der Waals surface area (Å²) in [5, 5.41) is 6.05. The minimum atomic E-state index is 0.533. The number of nitrogens with two attached hydrogens (primary N) is 1. The molecular formula is C13H18N4OS. The molecule has 0 saturated carbocycles. The van der Waals surface area contributed by atoms with E-state index < -0.39 is 0 Å². The molecule has 0 aromatic carbocycles. The zero-order valence-electron chi connectivity index (χ0n) is 11.0. The monoisotopic (exact) mass is 278 g/mol. The van der Waals surface area contributed by atoms with Crippen LogP contribution >= 0.6 is 11.3 Å². The molecule has 0 radical (unpaired) electrons. The normalized spacial score (nSPS) is 24.1. The summed E-state index contributed by atoms with van der Waals surface area (Å²) >= 11 is 1.62. The van der Waals surface area contributed by atoms with Crippen molar-refractivity contribution in [1.29, 1.82) is 0 Å². The number of thiophene rings is 1. The standard InChI is InChI=1S/C13H18N4OS/c1-9-5-10(6-14)7-17(9)8-12-15-13(16-18-12)11-3-2-4-19-11/h2-4,9-10H,5-8,14H2,1H3. The van der Waals surface area contributed by atoms with Gasteiger partial charge in [-0.2, -0.15) is 4.98 Å². The lowest BCUT2D eigenvalue weighted by Crippen LogP contribution is -2.27. The molecule has 1 aliphatic rings. The van der Waals surface area contributed by atoms with Gasteiger partial charge in [-0.05, 0) is 37.3 Å². The highest BCUT2D eigenvalue weighted by molar-refractivity contribution is 7.13. The van der Waals surface area contributed by atoms with Gasteiger partial charge in [0.25, 0.3) is 0 Å². The minimum Gasteiger partial charge on any atom is -0.338 e. The van der Waals surface area contributed by atoms with E-state index in [0.29, 0.717) is 23.7 Å². The topological polar surface area (TPSA) is 68.2 Å². The molecule has 0 bridgehead atoms. The van der Waals surface area contributed by atoms with Gasteiger partial charge in [0.15, 0.2) is 0 Å². The molecule has 2 atom stereocenters. The first-order valence-electron chi connectivity index (χ1n) is 6.57. The van der Waals surface area contributed by atoms with E-state index in [1.165, 1.54) is 0 Å². The van der Waals surface area contributed by atoms with Gasteiger partial charge in [-0.15, -0.1) is 11.3 Å². The Kier molecular flexibility index (Phi) is 3.63. The third-order valence-electron chi connectivity index (χ3n) is 3.67. The Balaban J connectivity index is 1.68. The lowest BCUT2D eigenvalue weighted by Gasteiger charge is -2.18. The largest absolute Gasteiger partial charge is 0.338 e. The maximum atomic E-state index is 5.74. The van der Waals surface area contributed by atoms with Crippen molar-refractivity contribution in [2.75, 3.05) is 13.1 Å². The fourth-order valence-electron chi connectivity index (χ4n) is 2.61. The molecule has 5 nitrogen and oxygen atoms in total. The number of hydrogen-bond donors (Lipinski definition) is 1. The van der Waals surface area contributed by atoms with Crippen molar-refractivity contribution >= 4 is 11.3 Å². The average Bonchev–Trinajstić information content (AvgIpc) is 3.11. The molecule has 2 N–H and O–H groups in total. The van der Waals surface area contributed by atoms with Crippen molar-refractivity contribution in [3.05, 3.63) is 23.4 Å². The molecule has 2 unspecified atom stereocenters. The Bertz CT molecular complexity index is 524. The molecular weight excluding hydrogens is 260 g/mol. The van der Waals surface area contributed by atoms with Gasteiger partial charge in [-0.1, -0.05) is 11.2 Å². The summed E-state index contributed by atoms with van der Waals surface area (Å²) in [5.74, 6) is 1.97. The van der Waals surface area contributed by atoms with Gasteiger partial charge in [0.05, 0.1) is 11.4 Å². The summed E-state index contributed by atoms with van der Waals surface area (Å²) in [5.41, 5.74) is 5.74. The zero-order valence-corrected chi connectivity index (χ0v) is 11.8. The molecule has 0 spiro atoms. The van der Waals surface area contributed by atoms with E-state index in [1.54, 1.807) is 11.3 Å². The first-order chi connectivity index (χ1) is 9.26. The molecule has 19 heavy (non-hydrogen) atoms. The molecule has 2 aromatic rings. The highest BCUT2D eigenvalue weighted by Crippen LogP contribution is 2.25. The summed E-state index contributed by atoms with van der Waals surface area (Å²) in [6, 6.07) is 4.53. The van der Waals surface area contributed by atoms with Crippen LogP contribution in [0, 0.1) is 5.92 Å². The van der Waals surface area contributed by atoms with Gasteiger partial charge in [0, 0.05) is 12.6 Å². The summed E-state index contributed by atoms with van der Waals surface area (Å²) in [6.45, 7) is 4.72. The van der Waals surface area contributed by atoms with E-state index >= 15 is 0 Å². The molecule has 1 saturated heterocycles. The molecule has 1 aliphatic heterocycles. The molecule has 3 heterocycles. The Morgan fingerprint density at radius 1 is 1.58 bits per heavy atom. The minimum absolute atomic E-state index is 0.533. The fourth-order valence-corrected chi connectivity index (χ4v) is 3.26. The van der Waals surface area contributed by atoms with E-state index in [2.05, 4.69) is 22.0 Å². The average molecular weight is 278 g/mol. The zero-order chi connectivity index (χ0) is 13.2. The second kappa shape index (κ2) is 5.40. The number of likely N-dealkylation sites (tertiary alicyclic amines) is 1. The van der Waals surface area contributed by atoms with Crippen LogP contribution in [0.5, 0.6) is 0 Å². The van der Waals surface area contributed by atoms with Gasteiger partial charge in [-0.3, -0.25) is 4.90 Å². The summed E-state index contributed by atoms with van der Waals surface area (Å²) in [6.07, 6.45) is 1.16. The molecule has 102 valence electrons. The van der Waals surface area contributed by atoms with Crippen LogP contribution in [0.15, 0.2) is 22.0 Å². The van der Waals surface area contributed by atoms with Crippen molar-refractivity contribution in [1.82, 2.24) is 15.0 Å². The molecule has 3 rings (SSSR count). The first kappa shape index (κ1) is 12.8. The molecule has 0 aliphatic carbocycles. The summed E-state index contributed by atoms with van der Waals surface area (Å²) in [7, 11) is 0. The van der Waals surface area contributed by atoms with Crippen molar-refractivity contribution in [3.8, 4) is 10.7 Å². The van der Waals surface area contributed by atoms with Crippen molar-refractivity contribution in [3.63, 3.8) is 0 Å². The molecule has 0 amide bonds. The Morgan fingerprint density at radius 3 is 3.16 bits per heavy atom. The first-order valence-corrected chi connectivity index (χ1v) is 7.45. The predicted octanol–water partition coefficient (Wildman–Crippen LogP) is 1.97. The Morgan fingerprint density at radius 2 is 2.47 bits per heavy atom. The van der Waals surface area contributed by atoms with E-state index in [9.17, 15) is 0 Å². The van der Waals surface area contributed by atoms with Crippen molar-refractivity contribution in [2.45, 2.75) is 25.9 Å². The second-order valence-corrected chi connectivity index (χ2v) is 6.05. The van der Waals surface area contributed by atoms with Gasteiger partial charge < -0.3 is 10.3 Å². The van der Waals surface area contributed by atoms with Crippen LogP contribution in [0.1, 0.15) is 19.2 Å². The maximum Gasteiger partial charge on any atom is 0.241 e. The van der Waals surface area contributed by atoms with E-state index in [-0.39, 0.29) is 0 Å². The number of nitrogens with zero attached hydrogens (tertiary/aromatic N) is 3. The number of aromatic nitrogens is 2. The van der Waals surface area contributed by atoms with E-state index in [1.807, 2.05) is 17.5 Å². The highest BCUT2D eigenvalue weighted by atomic mass is 32.1. The third-order valence-corrected chi connectivity index (χ3v) is 4.54. The van der Waals surface area contributed by atoms with Crippen LogP contribution in [-0.4, -0.2) is 34.2 Å². The van der Waals surface area contributed by atoms with Crippen molar-refractivity contribution < 1.29 is 4.52 Å². The van der Waals surface area contributed by atoms with Gasteiger partial charge >= 0.3 is 0 Å². The number of rotatable bonds is 4. The quantitative estimate of drug-likeness (QED) is 0.926. The van der Waals surface area contributed by atoms with Crippen LogP contribution in [-0.2, 0) is 6.54 Å². The SMILES string of the molecule is CC1CC(CN)CN1Cc1nc(-c2cccs2)no1. The summed E-state index contributed by atoms with van der Waals surface area (Å²) < 4.78 is 5.34. The predicted molar refractivity (Wildman–Crippen MR) is 74.6 cm³/mol. The molecule has 1 fully saturated rings. The van der Waals surface area contributed by atoms with Gasteiger partial charge in [0.2, 0.25) is 11.7 Å². The van der Waals surface area contributed by atoms with Gasteiger partial charge in [0.1, 0.15) is 0 Å². The van der Waals surface area contributed by atoms with Crippen LogP contribution in [0.2, 0.25) is 0 Å². The molecule has 2 aromatic heterocycles. The third kappa shape index (κ3) is 2.70. The Hall–Kier alpha value is -1.24. The van der Waals surface area contributed by atoms with Gasteiger partial charge in [-0.25, -0.2) is 0 Å². The van der Waals surface area contributed by atoms with Crippen molar-refractivity contribution in [2.24, 2.45) is 11.7 Å². The second-order valence-electron chi connectivity index (χ2n) is 5.10. The Labute approximate surface area is 116 Å². The van der Waals surface area contributed by atoms with E-state index in [4.69, 9.17) is 10.3 Å². The highest BCUT2D eigenvalue weighted by Gasteiger charge is 2.29. The summed E-state index contributed by atoms with van der Waals surface area (Å²) in [4.78, 5) is 7.87. The van der Waals surface area contributed by atoms with E-state index in [0.717, 1.165) is 30.9 Å². The van der Waals surface area contributed by atoms with Crippen LogP contribution in [0.25, 0.3) is 10.7 Å². The van der Waals surface area contributed by atoms with Crippen LogP contribution in [0.3, 0.4) is 0 Å². The lowest BCUT2D eigenvalue weighted by molar-refractivity contribution is 0.218.